The summed E-state index contributed by atoms with van der Waals surface area (Å²) in [5, 5.41) is 0. The van der Waals surface area contributed by atoms with Crippen LogP contribution in [0.4, 0.5) is 11.4 Å². The van der Waals surface area contributed by atoms with Gasteiger partial charge < -0.3 is 16.4 Å². The number of nitrogens with two attached hydrogens (primary N) is 2. The van der Waals surface area contributed by atoms with Crippen molar-refractivity contribution in [2.45, 2.75) is 12.8 Å². The van der Waals surface area contributed by atoms with Gasteiger partial charge in [-0.05, 0) is 25.0 Å². The molecular weight excluding hydrogens is 260 g/mol. The van der Waals surface area contributed by atoms with Crippen LogP contribution in [0.25, 0.3) is 10.2 Å². The lowest BCUT2D eigenvalue weighted by Gasteiger charge is -2.33. The highest BCUT2D eigenvalue weighted by molar-refractivity contribution is 7.16. The maximum absolute atomic E-state index is 11.3. The van der Waals surface area contributed by atoms with Crippen molar-refractivity contribution in [2.24, 2.45) is 11.7 Å². The fourth-order valence-corrected chi connectivity index (χ4v) is 3.34. The van der Waals surface area contributed by atoms with Gasteiger partial charge in [-0.15, -0.1) is 11.3 Å². The van der Waals surface area contributed by atoms with Gasteiger partial charge in [-0.1, -0.05) is 0 Å². The number of carbonyl (C=O) groups excluding carboxylic acids is 1. The number of piperidine rings is 1. The zero-order valence-corrected chi connectivity index (χ0v) is 11.3. The van der Waals surface area contributed by atoms with E-state index in [1.807, 2.05) is 12.1 Å². The van der Waals surface area contributed by atoms with E-state index in [1.165, 1.54) is 0 Å². The number of carbonyl (C=O) groups is 1. The number of thiazole rings is 1. The smallest absolute Gasteiger partial charge is 0.222 e. The molecule has 6 heteroatoms. The number of nitrogen functional groups attached to an aromatic ring is 1. The lowest BCUT2D eigenvalue weighted by molar-refractivity contribution is -0.122. The summed E-state index contributed by atoms with van der Waals surface area (Å²) >= 11 is 1.58. The van der Waals surface area contributed by atoms with Crippen LogP contribution in [0.15, 0.2) is 17.6 Å². The van der Waals surface area contributed by atoms with E-state index in [0.717, 1.165) is 35.3 Å². The minimum Gasteiger partial charge on any atom is -0.395 e. The number of primary amides is 1. The van der Waals surface area contributed by atoms with Crippen LogP contribution in [0.2, 0.25) is 0 Å². The van der Waals surface area contributed by atoms with Gasteiger partial charge in [0, 0.05) is 13.1 Å². The largest absolute Gasteiger partial charge is 0.395 e. The molecule has 3 rings (SSSR count). The van der Waals surface area contributed by atoms with Crippen molar-refractivity contribution in [1.82, 2.24) is 4.98 Å². The summed E-state index contributed by atoms with van der Waals surface area (Å²) in [6, 6.07) is 4.05. The fraction of sp³-hybridized carbons (Fsp3) is 0.385. The molecule has 1 amide bonds. The molecule has 0 aliphatic carbocycles. The first-order valence-corrected chi connectivity index (χ1v) is 7.20. The second-order valence-electron chi connectivity index (χ2n) is 4.89. The van der Waals surface area contributed by atoms with E-state index in [2.05, 4.69) is 9.88 Å². The molecule has 1 aliphatic heterocycles. The van der Waals surface area contributed by atoms with Crippen molar-refractivity contribution in [3.63, 3.8) is 0 Å². The molecule has 4 N–H and O–H groups in total. The Morgan fingerprint density at radius 1 is 1.47 bits per heavy atom. The maximum atomic E-state index is 11.3. The number of hydrogen-bond donors (Lipinski definition) is 2. The molecule has 1 aromatic carbocycles. The normalized spacial score (nSPS) is 19.8. The van der Waals surface area contributed by atoms with Gasteiger partial charge in [-0.2, -0.15) is 0 Å². The average molecular weight is 276 g/mol. The first kappa shape index (κ1) is 12.2. The van der Waals surface area contributed by atoms with Crippen molar-refractivity contribution >= 4 is 38.8 Å². The number of benzene rings is 1. The number of rotatable bonds is 2. The molecule has 2 aromatic rings. The Hall–Kier alpha value is -1.82. The Morgan fingerprint density at radius 3 is 3.11 bits per heavy atom. The summed E-state index contributed by atoms with van der Waals surface area (Å²) in [4.78, 5) is 17.8. The summed E-state index contributed by atoms with van der Waals surface area (Å²) < 4.78 is 1.09. The monoisotopic (exact) mass is 276 g/mol. The highest BCUT2D eigenvalue weighted by atomic mass is 32.1. The Balaban J connectivity index is 1.95. The van der Waals surface area contributed by atoms with Crippen LogP contribution in [-0.2, 0) is 4.79 Å². The first-order chi connectivity index (χ1) is 9.16. The van der Waals surface area contributed by atoms with Gasteiger partial charge in [-0.25, -0.2) is 4.98 Å². The van der Waals surface area contributed by atoms with Crippen LogP contribution in [0, 0.1) is 5.92 Å². The second-order valence-corrected chi connectivity index (χ2v) is 5.77. The maximum Gasteiger partial charge on any atom is 0.222 e. The lowest BCUT2D eigenvalue weighted by atomic mass is 9.97. The van der Waals surface area contributed by atoms with Gasteiger partial charge in [0.1, 0.15) is 5.52 Å². The third-order valence-electron chi connectivity index (χ3n) is 3.68. The van der Waals surface area contributed by atoms with Crippen LogP contribution in [0.3, 0.4) is 0 Å². The highest BCUT2D eigenvalue weighted by Gasteiger charge is 2.25. The Kier molecular flexibility index (Phi) is 3.02. The number of nitrogens with zero attached hydrogens (tertiary/aromatic N) is 2. The van der Waals surface area contributed by atoms with Crippen molar-refractivity contribution in [3.05, 3.63) is 17.6 Å². The number of fused-ring (bicyclic) bond motifs is 1. The Labute approximate surface area is 115 Å². The molecule has 5 nitrogen and oxygen atoms in total. The number of amides is 1. The predicted octanol–water partition coefficient (Wildman–Crippen LogP) is 1.58. The molecule has 0 saturated carbocycles. The quantitative estimate of drug-likeness (QED) is 0.815. The van der Waals surface area contributed by atoms with E-state index in [4.69, 9.17) is 11.5 Å². The van der Waals surface area contributed by atoms with E-state index >= 15 is 0 Å². The minimum absolute atomic E-state index is 0.0840. The molecule has 1 aliphatic rings. The first-order valence-electron chi connectivity index (χ1n) is 6.33. The molecule has 2 heterocycles. The predicted molar refractivity (Wildman–Crippen MR) is 78.2 cm³/mol. The van der Waals surface area contributed by atoms with Gasteiger partial charge in [-0.3, -0.25) is 4.79 Å². The van der Waals surface area contributed by atoms with Gasteiger partial charge >= 0.3 is 0 Å². The highest BCUT2D eigenvalue weighted by Crippen LogP contribution is 2.34. The Morgan fingerprint density at radius 2 is 2.32 bits per heavy atom. The molecular formula is C13H16N4OS. The molecule has 19 heavy (non-hydrogen) atoms. The number of hydrogen-bond acceptors (Lipinski definition) is 5. The second kappa shape index (κ2) is 4.70. The van der Waals surface area contributed by atoms with E-state index in [9.17, 15) is 4.79 Å². The van der Waals surface area contributed by atoms with E-state index in [0.29, 0.717) is 12.2 Å². The van der Waals surface area contributed by atoms with Gasteiger partial charge in [0.25, 0.3) is 0 Å². The fourth-order valence-electron chi connectivity index (χ4n) is 2.65. The SMILES string of the molecule is NC(=O)C1CCCN(c2ccc3scnc3c2N)C1. The van der Waals surface area contributed by atoms with Crippen LogP contribution >= 0.6 is 11.3 Å². The van der Waals surface area contributed by atoms with Gasteiger partial charge in [0.05, 0.1) is 27.5 Å². The third-order valence-corrected chi connectivity index (χ3v) is 4.48. The standard InChI is InChI=1S/C13H16N4OS/c14-11-9(3-4-10-12(11)16-7-19-10)17-5-1-2-8(6-17)13(15)18/h3-4,7-8H,1-2,5-6,14H2,(H2,15,18). The van der Waals surface area contributed by atoms with E-state index in [1.54, 1.807) is 16.8 Å². The minimum atomic E-state index is -0.224. The van der Waals surface area contributed by atoms with Gasteiger partial charge in [0.2, 0.25) is 5.91 Å². The molecule has 0 spiro atoms. The third kappa shape index (κ3) is 2.12. The summed E-state index contributed by atoms with van der Waals surface area (Å²) in [7, 11) is 0. The van der Waals surface area contributed by atoms with Crippen LogP contribution in [0.5, 0.6) is 0 Å². The van der Waals surface area contributed by atoms with Crippen molar-refractivity contribution < 1.29 is 4.79 Å². The number of anilines is 2. The summed E-state index contributed by atoms with van der Waals surface area (Å²) in [5.41, 5.74) is 15.9. The summed E-state index contributed by atoms with van der Waals surface area (Å²) in [6.07, 6.45) is 1.83. The van der Waals surface area contributed by atoms with Gasteiger partial charge in [0.15, 0.2) is 0 Å². The van der Waals surface area contributed by atoms with Crippen LogP contribution < -0.4 is 16.4 Å². The molecule has 1 aromatic heterocycles. The molecule has 0 radical (unpaired) electrons. The zero-order valence-electron chi connectivity index (χ0n) is 10.5. The average Bonchev–Trinajstić information content (AvgIpc) is 2.88. The summed E-state index contributed by atoms with van der Waals surface area (Å²) in [5.74, 6) is -0.308. The molecule has 1 unspecified atom stereocenters. The molecule has 1 saturated heterocycles. The van der Waals surface area contributed by atoms with Crippen molar-refractivity contribution in [2.75, 3.05) is 23.7 Å². The van der Waals surface area contributed by atoms with E-state index in [-0.39, 0.29) is 11.8 Å². The molecule has 0 bridgehead atoms. The molecule has 1 atom stereocenters. The van der Waals surface area contributed by atoms with Crippen molar-refractivity contribution in [1.29, 1.82) is 0 Å². The van der Waals surface area contributed by atoms with Crippen LogP contribution in [0.1, 0.15) is 12.8 Å². The zero-order chi connectivity index (χ0) is 13.4. The molecule has 1 fully saturated rings. The van der Waals surface area contributed by atoms with Crippen molar-refractivity contribution in [3.8, 4) is 0 Å². The Bertz CT molecular complexity index is 624. The van der Waals surface area contributed by atoms with Crippen LogP contribution in [-0.4, -0.2) is 24.0 Å². The topological polar surface area (TPSA) is 85.2 Å². The number of aromatic nitrogens is 1. The lowest BCUT2D eigenvalue weighted by Crippen LogP contribution is -2.41. The van der Waals surface area contributed by atoms with E-state index < -0.39 is 0 Å². The molecule has 100 valence electrons. The summed E-state index contributed by atoms with van der Waals surface area (Å²) in [6.45, 7) is 1.55.